The van der Waals surface area contributed by atoms with Crippen molar-refractivity contribution in [3.05, 3.63) is 0 Å². The van der Waals surface area contributed by atoms with Crippen LogP contribution in [0, 0.1) is 11.3 Å². The normalized spacial score (nSPS) is 26.9. The van der Waals surface area contributed by atoms with Crippen LogP contribution < -0.4 is 5.32 Å². The van der Waals surface area contributed by atoms with Crippen molar-refractivity contribution in [2.45, 2.75) is 45.6 Å². The maximum atomic E-state index is 4.59. The summed E-state index contributed by atoms with van der Waals surface area (Å²) < 4.78 is 0. The Kier molecular flexibility index (Phi) is 5.70. The van der Waals surface area contributed by atoms with E-state index in [0.717, 1.165) is 12.5 Å². The molecule has 5 nitrogen and oxygen atoms in total. The molecule has 0 aromatic rings. The van der Waals surface area contributed by atoms with Crippen LogP contribution in [-0.2, 0) is 0 Å². The number of aliphatic imine (C=N–C) groups is 1. The van der Waals surface area contributed by atoms with Crippen molar-refractivity contribution in [3.8, 4) is 0 Å². The number of guanidine groups is 1. The minimum atomic E-state index is 0.593. The molecule has 0 aromatic heterocycles. The van der Waals surface area contributed by atoms with Gasteiger partial charge in [-0.1, -0.05) is 20.3 Å². The zero-order chi connectivity index (χ0) is 17.2. The van der Waals surface area contributed by atoms with E-state index >= 15 is 0 Å². The summed E-state index contributed by atoms with van der Waals surface area (Å²) in [5, 5.41) is 3.71. The third kappa shape index (κ3) is 3.88. The summed E-state index contributed by atoms with van der Waals surface area (Å²) in [4.78, 5) is 12.2. The molecule has 1 aliphatic carbocycles. The van der Waals surface area contributed by atoms with E-state index in [9.17, 15) is 0 Å². The SMILES string of the molecule is CN=C(NCC(C(C)C)N1CCN(C)CC1)N1CCC2(CCC2)C1. The number of likely N-dealkylation sites (N-methyl/N-ethyl adjacent to an activating group) is 1. The highest BCUT2D eigenvalue weighted by molar-refractivity contribution is 5.80. The molecule has 0 amide bonds. The molecule has 1 atom stereocenters. The number of rotatable bonds is 4. The molecule has 3 aliphatic rings. The first-order chi connectivity index (χ1) is 11.5. The first-order valence-electron chi connectivity index (χ1n) is 9.91. The molecular formula is C19H37N5. The third-order valence-corrected chi connectivity index (χ3v) is 6.61. The topological polar surface area (TPSA) is 34.1 Å². The summed E-state index contributed by atoms with van der Waals surface area (Å²) in [6, 6.07) is 0.593. The Bertz CT molecular complexity index is 435. The summed E-state index contributed by atoms with van der Waals surface area (Å²) >= 11 is 0. The first kappa shape index (κ1) is 18.0. The van der Waals surface area contributed by atoms with Crippen LogP contribution in [0.5, 0.6) is 0 Å². The number of nitrogens with zero attached hydrogens (tertiary/aromatic N) is 4. The molecule has 0 aromatic carbocycles. The highest BCUT2D eigenvalue weighted by Gasteiger charge is 2.43. The van der Waals surface area contributed by atoms with E-state index in [1.165, 1.54) is 65.0 Å². The monoisotopic (exact) mass is 335 g/mol. The number of piperazine rings is 1. The molecular weight excluding hydrogens is 298 g/mol. The molecule has 2 aliphatic heterocycles. The van der Waals surface area contributed by atoms with Gasteiger partial charge in [0.1, 0.15) is 0 Å². The molecule has 3 rings (SSSR count). The van der Waals surface area contributed by atoms with Crippen LogP contribution in [0.15, 0.2) is 4.99 Å². The van der Waals surface area contributed by atoms with Crippen LogP contribution >= 0.6 is 0 Å². The van der Waals surface area contributed by atoms with E-state index in [1.54, 1.807) is 0 Å². The minimum absolute atomic E-state index is 0.593. The number of hydrogen-bond acceptors (Lipinski definition) is 3. The van der Waals surface area contributed by atoms with Gasteiger partial charge in [0.25, 0.3) is 0 Å². The van der Waals surface area contributed by atoms with Crippen LogP contribution in [0.1, 0.15) is 39.5 Å². The molecule has 2 heterocycles. The molecule has 0 radical (unpaired) electrons. The molecule has 5 heteroatoms. The Hall–Kier alpha value is -0.810. The van der Waals surface area contributed by atoms with Gasteiger partial charge in [0.15, 0.2) is 5.96 Å². The van der Waals surface area contributed by atoms with Crippen LogP contribution in [0.4, 0.5) is 0 Å². The van der Waals surface area contributed by atoms with E-state index in [1.807, 2.05) is 7.05 Å². The van der Waals surface area contributed by atoms with Crippen LogP contribution in [0.3, 0.4) is 0 Å². The van der Waals surface area contributed by atoms with Gasteiger partial charge in [-0.25, -0.2) is 0 Å². The minimum Gasteiger partial charge on any atom is -0.355 e. The zero-order valence-corrected chi connectivity index (χ0v) is 16.2. The summed E-state index contributed by atoms with van der Waals surface area (Å²) in [5.74, 6) is 1.79. The lowest BCUT2D eigenvalue weighted by atomic mass is 9.68. The second-order valence-corrected chi connectivity index (χ2v) is 8.60. The van der Waals surface area contributed by atoms with Gasteiger partial charge in [-0.15, -0.1) is 0 Å². The van der Waals surface area contributed by atoms with E-state index in [0.29, 0.717) is 17.4 Å². The molecule has 1 N–H and O–H groups in total. The van der Waals surface area contributed by atoms with Crippen molar-refractivity contribution in [2.75, 3.05) is 59.9 Å². The summed E-state index contributed by atoms with van der Waals surface area (Å²) in [7, 11) is 4.17. The zero-order valence-electron chi connectivity index (χ0n) is 16.2. The van der Waals surface area contributed by atoms with Crippen LogP contribution in [0.2, 0.25) is 0 Å². The fourth-order valence-electron chi connectivity index (χ4n) is 4.67. The predicted octanol–water partition coefficient (Wildman–Crippen LogP) is 1.71. The lowest BCUT2D eigenvalue weighted by Crippen LogP contribution is -2.55. The number of hydrogen-bond donors (Lipinski definition) is 1. The molecule has 24 heavy (non-hydrogen) atoms. The Morgan fingerprint density at radius 1 is 1.08 bits per heavy atom. The molecule has 1 saturated carbocycles. The Morgan fingerprint density at radius 3 is 2.29 bits per heavy atom. The highest BCUT2D eigenvalue weighted by Crippen LogP contribution is 2.47. The van der Waals surface area contributed by atoms with Gasteiger partial charge in [0.2, 0.25) is 0 Å². The number of likely N-dealkylation sites (tertiary alicyclic amines) is 1. The van der Waals surface area contributed by atoms with E-state index in [2.05, 4.69) is 45.9 Å². The van der Waals surface area contributed by atoms with Gasteiger partial charge in [0, 0.05) is 58.9 Å². The first-order valence-corrected chi connectivity index (χ1v) is 9.91. The maximum Gasteiger partial charge on any atom is 0.193 e. The van der Waals surface area contributed by atoms with Crippen molar-refractivity contribution in [1.29, 1.82) is 0 Å². The summed E-state index contributed by atoms with van der Waals surface area (Å²) in [6.45, 7) is 12.9. The Balaban J connectivity index is 1.53. The van der Waals surface area contributed by atoms with Crippen molar-refractivity contribution in [3.63, 3.8) is 0 Å². The standard InChI is InChI=1S/C19H37N5/c1-16(2)17(23-12-10-22(4)11-13-23)14-21-18(20-3)24-9-8-19(15-24)6-5-7-19/h16-17H,5-15H2,1-4H3,(H,20,21). The van der Waals surface area contributed by atoms with Gasteiger partial charge in [-0.2, -0.15) is 0 Å². The molecule has 138 valence electrons. The number of nitrogens with one attached hydrogen (secondary N) is 1. The van der Waals surface area contributed by atoms with E-state index < -0.39 is 0 Å². The molecule has 1 unspecified atom stereocenters. The van der Waals surface area contributed by atoms with E-state index in [-0.39, 0.29) is 0 Å². The van der Waals surface area contributed by atoms with Crippen molar-refractivity contribution in [1.82, 2.24) is 20.0 Å². The largest absolute Gasteiger partial charge is 0.355 e. The van der Waals surface area contributed by atoms with Gasteiger partial charge in [-0.3, -0.25) is 9.89 Å². The molecule has 3 fully saturated rings. The van der Waals surface area contributed by atoms with Gasteiger partial charge in [0.05, 0.1) is 0 Å². The summed E-state index contributed by atoms with van der Waals surface area (Å²) in [6.07, 6.45) is 5.64. The average molecular weight is 336 g/mol. The van der Waals surface area contributed by atoms with Crippen LogP contribution in [0.25, 0.3) is 0 Å². The fraction of sp³-hybridized carbons (Fsp3) is 0.947. The second kappa shape index (κ2) is 7.61. The van der Waals surface area contributed by atoms with Crippen molar-refractivity contribution in [2.24, 2.45) is 16.3 Å². The quantitative estimate of drug-likeness (QED) is 0.626. The fourth-order valence-corrected chi connectivity index (χ4v) is 4.67. The van der Waals surface area contributed by atoms with Crippen molar-refractivity contribution >= 4 is 5.96 Å². The van der Waals surface area contributed by atoms with Gasteiger partial charge in [-0.05, 0) is 37.6 Å². The predicted molar refractivity (Wildman–Crippen MR) is 102 cm³/mol. The molecule has 2 saturated heterocycles. The molecule has 1 spiro atoms. The van der Waals surface area contributed by atoms with Crippen LogP contribution in [-0.4, -0.2) is 86.6 Å². The highest BCUT2D eigenvalue weighted by atomic mass is 15.3. The third-order valence-electron chi connectivity index (χ3n) is 6.61. The Labute approximate surface area is 148 Å². The average Bonchev–Trinajstić information content (AvgIpc) is 2.98. The lowest BCUT2D eigenvalue weighted by molar-refractivity contribution is 0.0895. The van der Waals surface area contributed by atoms with E-state index in [4.69, 9.17) is 0 Å². The second-order valence-electron chi connectivity index (χ2n) is 8.60. The smallest absolute Gasteiger partial charge is 0.193 e. The van der Waals surface area contributed by atoms with Gasteiger partial charge < -0.3 is 15.1 Å². The Morgan fingerprint density at radius 2 is 1.79 bits per heavy atom. The van der Waals surface area contributed by atoms with Gasteiger partial charge >= 0.3 is 0 Å². The maximum absolute atomic E-state index is 4.59. The lowest BCUT2D eigenvalue weighted by Gasteiger charge is -2.40. The summed E-state index contributed by atoms with van der Waals surface area (Å²) in [5.41, 5.74) is 0.631. The van der Waals surface area contributed by atoms with Crippen molar-refractivity contribution < 1.29 is 0 Å². The molecule has 0 bridgehead atoms.